The smallest absolute Gasteiger partial charge is 0.147 e. The number of H-pyrrole nitrogens is 1. The van der Waals surface area contributed by atoms with Gasteiger partial charge in [-0.05, 0) is 26.0 Å². The average molecular weight is 207 g/mol. The normalized spacial score (nSPS) is 10.4. The van der Waals surface area contributed by atoms with Gasteiger partial charge in [-0.15, -0.1) is 11.3 Å². The molecule has 0 aromatic carbocycles. The number of thiophene rings is 1. The Morgan fingerprint density at radius 3 is 3.00 bits per heavy atom. The van der Waals surface area contributed by atoms with Crippen LogP contribution in [0.15, 0.2) is 18.3 Å². The third-order valence-corrected chi connectivity index (χ3v) is 2.94. The number of anilines is 1. The molecule has 2 aromatic heterocycles. The highest BCUT2D eigenvalue weighted by molar-refractivity contribution is 7.19. The Balaban J connectivity index is 2.24. The molecule has 0 aliphatic heterocycles. The highest BCUT2D eigenvalue weighted by Gasteiger charge is 2.04. The van der Waals surface area contributed by atoms with E-state index in [2.05, 4.69) is 34.3 Å². The predicted molar refractivity (Wildman–Crippen MR) is 60.8 cm³/mol. The molecule has 0 saturated heterocycles. The molecule has 0 aliphatic carbocycles. The number of hydrogen-bond donors (Lipinski definition) is 2. The van der Waals surface area contributed by atoms with Gasteiger partial charge >= 0.3 is 0 Å². The zero-order valence-electron chi connectivity index (χ0n) is 8.29. The van der Waals surface area contributed by atoms with Gasteiger partial charge in [-0.3, -0.25) is 0 Å². The molecule has 74 valence electrons. The monoisotopic (exact) mass is 207 g/mol. The van der Waals surface area contributed by atoms with Gasteiger partial charge in [0.05, 0.1) is 9.88 Å². The number of nitrogens with one attached hydrogen (secondary N) is 2. The number of rotatable bonds is 3. The molecule has 0 saturated carbocycles. The molecule has 0 fully saturated rings. The summed E-state index contributed by atoms with van der Waals surface area (Å²) in [4.78, 5) is 8.68. The van der Waals surface area contributed by atoms with Gasteiger partial charge in [-0.25, -0.2) is 4.98 Å². The molecular formula is C10H13N3S. The van der Waals surface area contributed by atoms with Crippen LogP contribution in [-0.4, -0.2) is 16.5 Å². The molecule has 0 spiro atoms. The second kappa shape index (κ2) is 3.84. The van der Waals surface area contributed by atoms with E-state index >= 15 is 0 Å². The summed E-state index contributed by atoms with van der Waals surface area (Å²) in [6.45, 7) is 5.06. The topological polar surface area (TPSA) is 40.7 Å². The highest BCUT2D eigenvalue weighted by Crippen LogP contribution is 2.29. The van der Waals surface area contributed by atoms with Crippen molar-refractivity contribution in [3.63, 3.8) is 0 Å². The number of aryl methyl sites for hydroxylation is 1. The van der Waals surface area contributed by atoms with Gasteiger partial charge in [0, 0.05) is 18.4 Å². The number of aromatic amines is 1. The fraction of sp³-hybridized carbons (Fsp3) is 0.300. The van der Waals surface area contributed by atoms with E-state index in [1.54, 1.807) is 11.3 Å². The fourth-order valence-corrected chi connectivity index (χ4v) is 2.20. The van der Waals surface area contributed by atoms with Crippen LogP contribution in [-0.2, 0) is 0 Å². The van der Waals surface area contributed by atoms with Crippen LogP contribution in [0.3, 0.4) is 0 Å². The second-order valence-electron chi connectivity index (χ2n) is 3.11. The largest absolute Gasteiger partial charge is 0.377 e. The zero-order chi connectivity index (χ0) is 9.97. The van der Waals surface area contributed by atoms with Crippen molar-refractivity contribution in [2.45, 2.75) is 13.8 Å². The fourth-order valence-electron chi connectivity index (χ4n) is 1.27. The Hall–Kier alpha value is -1.29. The first kappa shape index (κ1) is 9.27. The Kier molecular flexibility index (Phi) is 2.54. The Morgan fingerprint density at radius 1 is 1.50 bits per heavy atom. The van der Waals surface area contributed by atoms with Crippen molar-refractivity contribution in [3.8, 4) is 10.7 Å². The molecule has 14 heavy (non-hydrogen) atoms. The molecule has 2 heterocycles. The van der Waals surface area contributed by atoms with Gasteiger partial charge in [0.2, 0.25) is 0 Å². The van der Waals surface area contributed by atoms with Gasteiger partial charge in [0.15, 0.2) is 0 Å². The van der Waals surface area contributed by atoms with E-state index in [9.17, 15) is 0 Å². The van der Waals surface area contributed by atoms with E-state index < -0.39 is 0 Å². The lowest BCUT2D eigenvalue weighted by atomic mass is 10.4. The van der Waals surface area contributed by atoms with Crippen molar-refractivity contribution in [3.05, 3.63) is 24.0 Å². The van der Waals surface area contributed by atoms with E-state index in [1.165, 1.54) is 9.88 Å². The van der Waals surface area contributed by atoms with Crippen molar-refractivity contribution in [1.29, 1.82) is 0 Å². The molecule has 4 heteroatoms. The lowest BCUT2D eigenvalue weighted by Crippen LogP contribution is -1.92. The van der Waals surface area contributed by atoms with Crippen molar-refractivity contribution in [2.75, 3.05) is 11.9 Å². The summed E-state index contributed by atoms with van der Waals surface area (Å²) < 4.78 is 0. The minimum absolute atomic E-state index is 0.955. The van der Waals surface area contributed by atoms with Crippen LogP contribution in [0, 0.1) is 6.92 Å². The second-order valence-corrected chi connectivity index (χ2v) is 4.19. The lowest BCUT2D eigenvalue weighted by molar-refractivity contribution is 1.23. The lowest BCUT2D eigenvalue weighted by Gasteiger charge is -1.95. The first-order valence-electron chi connectivity index (χ1n) is 4.65. The molecule has 2 aromatic rings. The van der Waals surface area contributed by atoms with Gasteiger partial charge in [0.25, 0.3) is 0 Å². The van der Waals surface area contributed by atoms with Crippen LogP contribution in [0.2, 0.25) is 0 Å². The molecule has 2 N–H and O–H groups in total. The quantitative estimate of drug-likeness (QED) is 0.812. The molecule has 2 rings (SSSR count). The van der Waals surface area contributed by atoms with Gasteiger partial charge in [-0.2, -0.15) is 0 Å². The maximum atomic E-state index is 4.29. The number of nitrogens with zero attached hydrogens (tertiary/aromatic N) is 1. The van der Waals surface area contributed by atoms with Crippen molar-refractivity contribution >= 4 is 16.3 Å². The third-order valence-electron chi connectivity index (χ3n) is 1.89. The van der Waals surface area contributed by atoms with Gasteiger partial charge in [0.1, 0.15) is 5.82 Å². The number of aromatic nitrogens is 2. The van der Waals surface area contributed by atoms with Crippen LogP contribution < -0.4 is 5.32 Å². The highest BCUT2D eigenvalue weighted by atomic mass is 32.1. The SMILES string of the molecule is CCNc1ccc(-c2ncc(C)[nH]2)s1. The van der Waals surface area contributed by atoms with E-state index in [0.29, 0.717) is 0 Å². The Bertz CT molecular complexity index is 416. The minimum Gasteiger partial charge on any atom is -0.377 e. The summed E-state index contributed by atoms with van der Waals surface area (Å²) in [6, 6.07) is 4.17. The van der Waals surface area contributed by atoms with Gasteiger partial charge in [-0.1, -0.05) is 0 Å². The molecule has 0 amide bonds. The van der Waals surface area contributed by atoms with E-state index in [4.69, 9.17) is 0 Å². The number of hydrogen-bond acceptors (Lipinski definition) is 3. The predicted octanol–water partition coefficient (Wildman–Crippen LogP) is 2.88. The summed E-state index contributed by atoms with van der Waals surface area (Å²) in [5.41, 5.74) is 1.10. The summed E-state index contributed by atoms with van der Waals surface area (Å²) in [7, 11) is 0. The maximum absolute atomic E-state index is 4.29. The first-order valence-corrected chi connectivity index (χ1v) is 5.47. The molecular weight excluding hydrogens is 194 g/mol. The minimum atomic E-state index is 0.955. The van der Waals surface area contributed by atoms with Crippen LogP contribution in [0.1, 0.15) is 12.6 Å². The van der Waals surface area contributed by atoms with Crippen LogP contribution >= 0.6 is 11.3 Å². The van der Waals surface area contributed by atoms with Crippen LogP contribution in [0.25, 0.3) is 10.7 Å². The maximum Gasteiger partial charge on any atom is 0.147 e. The molecule has 3 nitrogen and oxygen atoms in total. The molecule has 0 unspecified atom stereocenters. The Morgan fingerprint density at radius 2 is 2.36 bits per heavy atom. The van der Waals surface area contributed by atoms with Crippen molar-refractivity contribution in [2.24, 2.45) is 0 Å². The Labute approximate surface area is 87.2 Å². The third kappa shape index (κ3) is 1.80. The average Bonchev–Trinajstić information content (AvgIpc) is 2.74. The number of imidazole rings is 1. The zero-order valence-corrected chi connectivity index (χ0v) is 9.11. The standard InChI is InChI=1S/C10H13N3S/c1-3-11-9-5-4-8(14-9)10-12-6-7(2)13-10/h4-6,11H,3H2,1-2H3,(H,12,13). The molecule has 0 radical (unpaired) electrons. The van der Waals surface area contributed by atoms with Crippen molar-refractivity contribution in [1.82, 2.24) is 9.97 Å². The molecule has 0 aliphatic rings. The summed E-state index contributed by atoms with van der Waals surface area (Å²) in [5, 5.41) is 4.47. The van der Waals surface area contributed by atoms with E-state index in [1.807, 2.05) is 13.1 Å². The van der Waals surface area contributed by atoms with E-state index in [-0.39, 0.29) is 0 Å². The van der Waals surface area contributed by atoms with E-state index in [0.717, 1.165) is 18.1 Å². The van der Waals surface area contributed by atoms with Crippen LogP contribution in [0.5, 0.6) is 0 Å². The summed E-state index contributed by atoms with van der Waals surface area (Å²) in [6.07, 6.45) is 1.85. The molecule has 0 bridgehead atoms. The van der Waals surface area contributed by atoms with Crippen molar-refractivity contribution < 1.29 is 0 Å². The van der Waals surface area contributed by atoms with Gasteiger partial charge < -0.3 is 10.3 Å². The summed E-state index contributed by atoms with van der Waals surface area (Å²) in [5.74, 6) is 0.955. The van der Waals surface area contributed by atoms with Crippen LogP contribution in [0.4, 0.5) is 5.00 Å². The summed E-state index contributed by atoms with van der Waals surface area (Å²) >= 11 is 1.72. The molecule has 0 atom stereocenters. The first-order chi connectivity index (χ1) is 6.79.